The molecule has 0 saturated carbocycles. The summed E-state index contributed by atoms with van der Waals surface area (Å²) in [5, 5.41) is 19.0. The van der Waals surface area contributed by atoms with Gasteiger partial charge in [0, 0.05) is 37.1 Å². The molecule has 0 aliphatic carbocycles. The first-order chi connectivity index (χ1) is 17.4. The molecular weight excluding hydrogens is 464 g/mol. The molecule has 3 heterocycles. The number of carboxylic acid groups (broad SMARTS) is 2. The van der Waals surface area contributed by atoms with Crippen molar-refractivity contribution in [1.82, 2.24) is 9.88 Å². The van der Waals surface area contributed by atoms with Gasteiger partial charge in [0.15, 0.2) is 0 Å². The van der Waals surface area contributed by atoms with Crippen LogP contribution in [0.3, 0.4) is 0 Å². The van der Waals surface area contributed by atoms with Crippen LogP contribution in [0.25, 0.3) is 10.9 Å². The number of anilines is 2. The molecule has 3 N–H and O–H groups in total. The number of hydrogen-bond donors (Lipinski definition) is 3. The van der Waals surface area contributed by atoms with Crippen LogP contribution in [0.4, 0.5) is 11.5 Å². The first-order valence-corrected chi connectivity index (χ1v) is 11.7. The summed E-state index contributed by atoms with van der Waals surface area (Å²) in [5.41, 5.74) is 4.24. The Labute approximate surface area is 208 Å². The highest BCUT2D eigenvalue weighted by Gasteiger charge is 2.27. The van der Waals surface area contributed by atoms with Crippen molar-refractivity contribution >= 4 is 40.3 Å². The number of benzene rings is 2. The predicted molar refractivity (Wildman–Crippen MR) is 134 cm³/mol. The Kier molecular flexibility index (Phi) is 8.09. The van der Waals surface area contributed by atoms with Crippen molar-refractivity contribution in [3.63, 3.8) is 0 Å². The van der Waals surface area contributed by atoms with Gasteiger partial charge in [0.1, 0.15) is 5.82 Å². The summed E-state index contributed by atoms with van der Waals surface area (Å²) in [4.78, 5) is 40.5. The molecule has 2 aliphatic rings. The first-order valence-electron chi connectivity index (χ1n) is 11.7. The summed E-state index contributed by atoms with van der Waals surface area (Å²) in [6, 6.07) is 18.5. The second-order valence-electron chi connectivity index (χ2n) is 8.51. The zero-order valence-electron chi connectivity index (χ0n) is 19.7. The van der Waals surface area contributed by atoms with Gasteiger partial charge in [-0.1, -0.05) is 48.5 Å². The average Bonchev–Trinajstić information content (AvgIpc) is 3.27. The molecule has 2 aromatic carbocycles. The number of nitrogens with one attached hydrogen (secondary N) is 1. The van der Waals surface area contributed by atoms with Crippen LogP contribution in [-0.2, 0) is 32.1 Å². The number of nitrogens with zero attached hydrogens (tertiary/aromatic N) is 3. The van der Waals surface area contributed by atoms with Crippen LogP contribution in [0.1, 0.15) is 11.1 Å². The maximum Gasteiger partial charge on any atom is 0.414 e. The topological polar surface area (TPSA) is 132 Å². The minimum absolute atomic E-state index is 0.0250. The van der Waals surface area contributed by atoms with E-state index in [1.807, 2.05) is 30.3 Å². The number of rotatable bonds is 5. The van der Waals surface area contributed by atoms with Gasteiger partial charge in [-0.15, -0.1) is 0 Å². The van der Waals surface area contributed by atoms with Crippen molar-refractivity contribution < 1.29 is 29.3 Å². The Morgan fingerprint density at radius 2 is 1.58 bits per heavy atom. The summed E-state index contributed by atoms with van der Waals surface area (Å²) in [7, 11) is 0. The van der Waals surface area contributed by atoms with E-state index in [0.717, 1.165) is 60.6 Å². The SMILES string of the molecule is O=C(CN1CCOCC1)Nc1c2c(nc3ccccc13)N(Cc1ccccc1)CC2.O=C(O)C(=O)O. The van der Waals surface area contributed by atoms with Gasteiger partial charge < -0.3 is 25.2 Å². The number of aromatic nitrogens is 1. The van der Waals surface area contributed by atoms with Crippen molar-refractivity contribution in [1.29, 1.82) is 0 Å². The Bertz CT molecular complexity index is 1230. The van der Waals surface area contributed by atoms with E-state index in [1.165, 1.54) is 5.56 Å². The van der Waals surface area contributed by atoms with Gasteiger partial charge in [0.05, 0.1) is 31.0 Å². The van der Waals surface area contributed by atoms with E-state index < -0.39 is 11.9 Å². The number of para-hydroxylation sites is 1. The standard InChI is InChI=1S/C24H26N4O2.C2H2O4/c29-22(17-27-12-14-30-15-13-27)26-23-19-8-4-5-9-21(19)25-24-20(23)10-11-28(24)16-18-6-2-1-3-7-18;3-1(4)2(5)6/h1-9H,10-17H2,(H,25,26,29);(H,3,4)(H,5,6). The number of ether oxygens (including phenoxy) is 1. The fourth-order valence-electron chi connectivity index (χ4n) is 4.33. The summed E-state index contributed by atoms with van der Waals surface area (Å²) >= 11 is 0. The number of amides is 1. The van der Waals surface area contributed by atoms with E-state index in [2.05, 4.69) is 39.4 Å². The van der Waals surface area contributed by atoms with Crippen LogP contribution in [0.15, 0.2) is 54.6 Å². The molecule has 0 bridgehead atoms. The van der Waals surface area contributed by atoms with Crippen LogP contribution in [0.2, 0.25) is 0 Å². The highest BCUT2D eigenvalue weighted by atomic mass is 16.5. The molecular formula is C26H28N4O6. The van der Waals surface area contributed by atoms with E-state index in [9.17, 15) is 4.79 Å². The van der Waals surface area contributed by atoms with E-state index in [0.29, 0.717) is 19.8 Å². The Morgan fingerprint density at radius 3 is 2.28 bits per heavy atom. The van der Waals surface area contributed by atoms with Gasteiger partial charge in [0.25, 0.3) is 0 Å². The molecule has 5 rings (SSSR count). The van der Waals surface area contributed by atoms with E-state index in [4.69, 9.17) is 29.5 Å². The van der Waals surface area contributed by atoms with E-state index in [1.54, 1.807) is 0 Å². The zero-order chi connectivity index (χ0) is 25.5. The van der Waals surface area contributed by atoms with Crippen LogP contribution < -0.4 is 10.2 Å². The number of aliphatic carboxylic acids is 2. The maximum absolute atomic E-state index is 12.9. The Balaban J connectivity index is 0.000000455. The quantitative estimate of drug-likeness (QED) is 0.459. The van der Waals surface area contributed by atoms with Gasteiger partial charge in [-0.25, -0.2) is 14.6 Å². The predicted octanol–water partition coefficient (Wildman–Crippen LogP) is 2.22. The third-order valence-corrected chi connectivity index (χ3v) is 6.04. The molecule has 188 valence electrons. The number of carbonyl (C=O) groups is 3. The third kappa shape index (κ3) is 6.15. The van der Waals surface area contributed by atoms with Gasteiger partial charge in [-0.2, -0.15) is 0 Å². The highest BCUT2D eigenvalue weighted by Crippen LogP contribution is 2.38. The lowest BCUT2D eigenvalue weighted by Crippen LogP contribution is -2.41. The molecule has 1 fully saturated rings. The second kappa shape index (κ2) is 11.6. The van der Waals surface area contributed by atoms with Crippen LogP contribution in [0, 0.1) is 0 Å². The van der Waals surface area contributed by atoms with Crippen molar-refractivity contribution in [2.45, 2.75) is 13.0 Å². The molecule has 2 aliphatic heterocycles. The van der Waals surface area contributed by atoms with Crippen molar-refractivity contribution in [2.75, 3.05) is 49.6 Å². The van der Waals surface area contributed by atoms with E-state index in [-0.39, 0.29) is 5.91 Å². The second-order valence-corrected chi connectivity index (χ2v) is 8.51. The summed E-state index contributed by atoms with van der Waals surface area (Å²) in [5.74, 6) is -2.64. The van der Waals surface area contributed by atoms with Crippen LogP contribution in [-0.4, -0.2) is 77.3 Å². The lowest BCUT2D eigenvalue weighted by Gasteiger charge is -2.26. The third-order valence-electron chi connectivity index (χ3n) is 6.04. The molecule has 1 amide bonds. The van der Waals surface area contributed by atoms with Crippen molar-refractivity contribution in [3.05, 3.63) is 65.7 Å². The monoisotopic (exact) mass is 492 g/mol. The van der Waals surface area contributed by atoms with Gasteiger partial charge in [-0.3, -0.25) is 9.69 Å². The minimum Gasteiger partial charge on any atom is -0.473 e. The molecule has 36 heavy (non-hydrogen) atoms. The van der Waals surface area contributed by atoms with E-state index >= 15 is 0 Å². The number of morpholine rings is 1. The molecule has 3 aromatic rings. The zero-order valence-corrected chi connectivity index (χ0v) is 19.7. The van der Waals surface area contributed by atoms with Crippen LogP contribution in [0.5, 0.6) is 0 Å². The van der Waals surface area contributed by atoms with Crippen LogP contribution >= 0.6 is 0 Å². The fraction of sp³-hybridized carbons (Fsp3) is 0.308. The molecule has 1 aromatic heterocycles. The molecule has 0 atom stereocenters. The number of carboxylic acids is 2. The molecule has 0 radical (unpaired) electrons. The molecule has 1 saturated heterocycles. The maximum atomic E-state index is 12.9. The molecule has 0 unspecified atom stereocenters. The normalized spacial score (nSPS) is 15.1. The van der Waals surface area contributed by atoms with Crippen molar-refractivity contribution in [3.8, 4) is 0 Å². The van der Waals surface area contributed by atoms with Gasteiger partial charge in [-0.05, 0) is 18.1 Å². The number of carbonyl (C=O) groups excluding carboxylic acids is 1. The average molecular weight is 493 g/mol. The smallest absolute Gasteiger partial charge is 0.414 e. The molecule has 10 heteroatoms. The van der Waals surface area contributed by atoms with Gasteiger partial charge in [0.2, 0.25) is 5.91 Å². The largest absolute Gasteiger partial charge is 0.473 e. The number of fused-ring (bicyclic) bond motifs is 2. The Morgan fingerprint density at radius 1 is 0.917 bits per heavy atom. The molecule has 10 nitrogen and oxygen atoms in total. The summed E-state index contributed by atoms with van der Waals surface area (Å²) < 4.78 is 5.39. The minimum atomic E-state index is -1.82. The fourth-order valence-corrected chi connectivity index (χ4v) is 4.33. The summed E-state index contributed by atoms with van der Waals surface area (Å²) in [6.07, 6.45) is 0.882. The van der Waals surface area contributed by atoms with Gasteiger partial charge >= 0.3 is 11.9 Å². The lowest BCUT2D eigenvalue weighted by atomic mass is 10.1. The number of hydrogen-bond acceptors (Lipinski definition) is 7. The molecule has 0 spiro atoms. The van der Waals surface area contributed by atoms with Crippen molar-refractivity contribution in [2.24, 2.45) is 0 Å². The highest BCUT2D eigenvalue weighted by molar-refractivity contribution is 6.27. The number of pyridine rings is 1. The first kappa shape index (κ1) is 25.1. The lowest BCUT2D eigenvalue weighted by molar-refractivity contribution is -0.159. The summed E-state index contributed by atoms with van der Waals surface area (Å²) in [6.45, 7) is 5.09. The Hall–Kier alpha value is -4.02.